The highest BCUT2D eigenvalue weighted by atomic mass is 32.1. The molecule has 0 spiro atoms. The molecular formula is C15H25N3OS. The van der Waals surface area contributed by atoms with Crippen molar-refractivity contribution in [2.24, 2.45) is 0 Å². The van der Waals surface area contributed by atoms with Crippen LogP contribution in [0.25, 0.3) is 0 Å². The molecule has 1 amide bonds. The summed E-state index contributed by atoms with van der Waals surface area (Å²) in [6.45, 7) is 11.3. The molecule has 2 rings (SSSR count). The molecule has 4 nitrogen and oxygen atoms in total. The Balaban J connectivity index is 1.72. The maximum Gasteiger partial charge on any atom is 0.236 e. The fraction of sp³-hybridized carbons (Fsp3) is 0.667. The Morgan fingerprint density at radius 2 is 2.00 bits per heavy atom. The van der Waals surface area contributed by atoms with Crippen LogP contribution in [0.3, 0.4) is 0 Å². The lowest BCUT2D eigenvalue weighted by Crippen LogP contribution is -2.52. The van der Waals surface area contributed by atoms with Gasteiger partial charge >= 0.3 is 0 Å². The Morgan fingerprint density at radius 3 is 2.55 bits per heavy atom. The smallest absolute Gasteiger partial charge is 0.236 e. The van der Waals surface area contributed by atoms with Crippen LogP contribution in [-0.2, 0) is 11.3 Å². The standard InChI is InChI=1S/C15H25N3OS/c1-15(2,3)16-11-14(19)18-8-6-17(7-9-18)12-13-5-4-10-20-13/h4-5,10,16H,6-9,11-12H2,1-3H3. The van der Waals surface area contributed by atoms with E-state index in [2.05, 4.69) is 48.5 Å². The molecule has 20 heavy (non-hydrogen) atoms. The van der Waals surface area contributed by atoms with Crippen LogP contribution in [-0.4, -0.2) is 54.0 Å². The number of nitrogens with zero attached hydrogens (tertiary/aromatic N) is 2. The molecule has 0 aromatic carbocycles. The first-order chi connectivity index (χ1) is 9.44. The summed E-state index contributed by atoms with van der Waals surface area (Å²) >= 11 is 1.80. The highest BCUT2D eigenvalue weighted by molar-refractivity contribution is 7.09. The molecule has 1 saturated heterocycles. The van der Waals surface area contributed by atoms with E-state index in [0.29, 0.717) is 6.54 Å². The minimum Gasteiger partial charge on any atom is -0.339 e. The van der Waals surface area contributed by atoms with Crippen LogP contribution in [0.2, 0.25) is 0 Å². The first-order valence-electron chi connectivity index (χ1n) is 7.21. The van der Waals surface area contributed by atoms with E-state index in [1.54, 1.807) is 11.3 Å². The number of amides is 1. The molecule has 0 saturated carbocycles. The SMILES string of the molecule is CC(C)(C)NCC(=O)N1CCN(Cc2cccs2)CC1. The van der Waals surface area contributed by atoms with E-state index >= 15 is 0 Å². The molecule has 1 aromatic heterocycles. The second kappa shape index (κ2) is 6.70. The molecule has 1 aromatic rings. The molecule has 2 heterocycles. The molecular weight excluding hydrogens is 270 g/mol. The highest BCUT2D eigenvalue weighted by Crippen LogP contribution is 2.13. The van der Waals surface area contributed by atoms with Crippen LogP contribution < -0.4 is 5.32 Å². The summed E-state index contributed by atoms with van der Waals surface area (Å²) in [4.78, 5) is 17.9. The lowest BCUT2D eigenvalue weighted by Gasteiger charge is -2.35. The normalized spacial score (nSPS) is 17.4. The van der Waals surface area contributed by atoms with Crippen molar-refractivity contribution in [2.45, 2.75) is 32.9 Å². The number of piperazine rings is 1. The van der Waals surface area contributed by atoms with Crippen LogP contribution in [0.1, 0.15) is 25.6 Å². The largest absolute Gasteiger partial charge is 0.339 e. The van der Waals surface area contributed by atoms with Crippen molar-refractivity contribution in [3.8, 4) is 0 Å². The Labute approximate surface area is 125 Å². The van der Waals surface area contributed by atoms with Gasteiger partial charge in [0.25, 0.3) is 0 Å². The molecule has 0 radical (unpaired) electrons. The van der Waals surface area contributed by atoms with Gasteiger partial charge in [0, 0.05) is 43.1 Å². The third-order valence-electron chi connectivity index (χ3n) is 3.45. The number of carbonyl (C=O) groups excluding carboxylic acids is 1. The average molecular weight is 295 g/mol. The number of thiophene rings is 1. The summed E-state index contributed by atoms with van der Waals surface area (Å²) in [5.41, 5.74) is -0.00332. The zero-order valence-corrected chi connectivity index (χ0v) is 13.5. The Bertz CT molecular complexity index is 417. The van der Waals surface area contributed by atoms with Gasteiger partial charge in [0.05, 0.1) is 6.54 Å². The van der Waals surface area contributed by atoms with Gasteiger partial charge in [0.15, 0.2) is 0 Å². The first kappa shape index (κ1) is 15.5. The molecule has 112 valence electrons. The lowest BCUT2D eigenvalue weighted by atomic mass is 10.1. The summed E-state index contributed by atoms with van der Waals surface area (Å²) < 4.78 is 0. The molecule has 1 fully saturated rings. The summed E-state index contributed by atoms with van der Waals surface area (Å²) in [6, 6.07) is 4.27. The van der Waals surface area contributed by atoms with Crippen molar-refractivity contribution < 1.29 is 4.79 Å². The third-order valence-corrected chi connectivity index (χ3v) is 4.32. The summed E-state index contributed by atoms with van der Waals surface area (Å²) in [5, 5.41) is 5.38. The van der Waals surface area contributed by atoms with Gasteiger partial charge in [-0.3, -0.25) is 9.69 Å². The fourth-order valence-corrected chi connectivity index (χ4v) is 2.98. The number of nitrogens with one attached hydrogen (secondary N) is 1. The van der Waals surface area contributed by atoms with Crippen LogP contribution in [0.15, 0.2) is 17.5 Å². The molecule has 1 N–H and O–H groups in total. The molecule has 1 aliphatic rings. The predicted octanol–water partition coefficient (Wildman–Crippen LogP) is 1.78. The number of hydrogen-bond acceptors (Lipinski definition) is 4. The van der Waals surface area contributed by atoms with Crippen molar-refractivity contribution in [3.05, 3.63) is 22.4 Å². The van der Waals surface area contributed by atoms with Crippen molar-refractivity contribution in [1.29, 1.82) is 0 Å². The summed E-state index contributed by atoms with van der Waals surface area (Å²) in [5.74, 6) is 0.218. The fourth-order valence-electron chi connectivity index (χ4n) is 2.23. The number of carbonyl (C=O) groups is 1. The second-order valence-electron chi connectivity index (χ2n) is 6.34. The van der Waals surface area contributed by atoms with Gasteiger partial charge in [-0.15, -0.1) is 11.3 Å². The monoisotopic (exact) mass is 295 g/mol. The van der Waals surface area contributed by atoms with Crippen molar-refractivity contribution in [1.82, 2.24) is 15.1 Å². The molecule has 5 heteroatoms. The van der Waals surface area contributed by atoms with Gasteiger partial charge in [-0.2, -0.15) is 0 Å². The zero-order valence-electron chi connectivity index (χ0n) is 12.7. The minimum absolute atomic E-state index is 0.00332. The van der Waals surface area contributed by atoms with Crippen LogP contribution in [0.5, 0.6) is 0 Å². The van der Waals surface area contributed by atoms with Gasteiger partial charge in [0.1, 0.15) is 0 Å². The Hall–Kier alpha value is -0.910. The minimum atomic E-state index is -0.00332. The Kier molecular flexibility index (Phi) is 5.18. The molecule has 0 unspecified atom stereocenters. The average Bonchev–Trinajstić information content (AvgIpc) is 2.89. The van der Waals surface area contributed by atoms with E-state index < -0.39 is 0 Å². The number of rotatable bonds is 4. The van der Waals surface area contributed by atoms with Crippen LogP contribution >= 0.6 is 11.3 Å². The molecule has 0 aliphatic carbocycles. The van der Waals surface area contributed by atoms with E-state index in [-0.39, 0.29) is 11.4 Å². The first-order valence-corrected chi connectivity index (χ1v) is 8.09. The van der Waals surface area contributed by atoms with E-state index in [0.717, 1.165) is 32.7 Å². The van der Waals surface area contributed by atoms with E-state index in [4.69, 9.17) is 0 Å². The third kappa shape index (κ3) is 4.89. The maximum atomic E-state index is 12.1. The highest BCUT2D eigenvalue weighted by Gasteiger charge is 2.22. The molecule has 0 bridgehead atoms. The van der Waals surface area contributed by atoms with E-state index in [1.807, 2.05) is 4.90 Å². The summed E-state index contributed by atoms with van der Waals surface area (Å²) in [7, 11) is 0. The zero-order chi connectivity index (χ0) is 14.6. The van der Waals surface area contributed by atoms with Gasteiger partial charge < -0.3 is 10.2 Å². The Morgan fingerprint density at radius 1 is 1.30 bits per heavy atom. The second-order valence-corrected chi connectivity index (χ2v) is 7.37. The van der Waals surface area contributed by atoms with Crippen molar-refractivity contribution in [3.63, 3.8) is 0 Å². The molecule has 0 atom stereocenters. The number of hydrogen-bond donors (Lipinski definition) is 1. The van der Waals surface area contributed by atoms with Crippen molar-refractivity contribution in [2.75, 3.05) is 32.7 Å². The van der Waals surface area contributed by atoms with Crippen LogP contribution in [0, 0.1) is 0 Å². The molecule has 1 aliphatic heterocycles. The van der Waals surface area contributed by atoms with Gasteiger partial charge in [-0.1, -0.05) is 6.07 Å². The van der Waals surface area contributed by atoms with Crippen molar-refractivity contribution >= 4 is 17.2 Å². The summed E-state index contributed by atoms with van der Waals surface area (Å²) in [6.07, 6.45) is 0. The maximum absolute atomic E-state index is 12.1. The topological polar surface area (TPSA) is 35.6 Å². The van der Waals surface area contributed by atoms with Gasteiger partial charge in [-0.25, -0.2) is 0 Å². The predicted molar refractivity (Wildman–Crippen MR) is 83.9 cm³/mol. The lowest BCUT2D eigenvalue weighted by molar-refractivity contribution is -0.132. The quantitative estimate of drug-likeness (QED) is 0.920. The van der Waals surface area contributed by atoms with Gasteiger partial charge in [0.2, 0.25) is 5.91 Å². The van der Waals surface area contributed by atoms with Crippen LogP contribution in [0.4, 0.5) is 0 Å². The van der Waals surface area contributed by atoms with E-state index in [1.165, 1.54) is 4.88 Å². The van der Waals surface area contributed by atoms with E-state index in [9.17, 15) is 4.79 Å². The van der Waals surface area contributed by atoms with Gasteiger partial charge in [-0.05, 0) is 32.2 Å².